The van der Waals surface area contributed by atoms with Crippen LogP contribution in [-0.2, 0) is 0 Å². The minimum atomic E-state index is -0.686. The van der Waals surface area contributed by atoms with Crippen molar-refractivity contribution < 1.29 is 20.1 Å². The van der Waals surface area contributed by atoms with Gasteiger partial charge in [0.2, 0.25) is 0 Å². The molecule has 0 atom stereocenters. The molecule has 0 unspecified atom stereocenters. The van der Waals surface area contributed by atoms with Crippen molar-refractivity contribution >= 4 is 17.1 Å². The van der Waals surface area contributed by atoms with E-state index in [1.807, 2.05) is 0 Å². The Balaban J connectivity index is 0.000000763. The van der Waals surface area contributed by atoms with Crippen LogP contribution in [0, 0.1) is 20.2 Å². The van der Waals surface area contributed by atoms with Crippen molar-refractivity contribution in [3.05, 3.63) is 38.4 Å². The average Bonchev–Trinajstić information content (AvgIpc) is 2.48. The van der Waals surface area contributed by atoms with Crippen molar-refractivity contribution in [3.63, 3.8) is 0 Å². The molecule has 0 amide bonds. The van der Waals surface area contributed by atoms with Crippen molar-refractivity contribution in [2.45, 2.75) is 12.8 Å². The molecule has 5 N–H and O–H groups in total. The van der Waals surface area contributed by atoms with Crippen molar-refractivity contribution in [2.24, 2.45) is 5.73 Å². The summed E-state index contributed by atoms with van der Waals surface area (Å²) >= 11 is 0. The molecule has 0 aliphatic rings. The molecule has 0 radical (unpaired) electrons. The fraction of sp³-hybridized carbons (Fsp3) is 0.500. The van der Waals surface area contributed by atoms with Gasteiger partial charge in [-0.2, -0.15) is 0 Å². The summed E-state index contributed by atoms with van der Waals surface area (Å²) < 4.78 is 0. The van der Waals surface area contributed by atoms with Gasteiger partial charge in [0.25, 0.3) is 11.4 Å². The van der Waals surface area contributed by atoms with E-state index in [9.17, 15) is 20.2 Å². The van der Waals surface area contributed by atoms with Crippen LogP contribution in [0.3, 0.4) is 0 Å². The maximum absolute atomic E-state index is 10.7. The number of para-hydroxylation sites is 1. The summed E-state index contributed by atoms with van der Waals surface area (Å²) in [5, 5.41) is 40.6. The number of aliphatic hydroxyl groups is 2. The Labute approximate surface area is 126 Å². The van der Waals surface area contributed by atoms with Gasteiger partial charge in [0, 0.05) is 31.9 Å². The molecule has 0 heterocycles. The van der Waals surface area contributed by atoms with E-state index in [2.05, 4.69) is 5.32 Å². The Morgan fingerprint density at radius 2 is 1.55 bits per heavy atom. The molecular formula is C12H20N4O6. The largest absolute Gasteiger partial charge is 0.396 e. The number of nitrogens with two attached hydrogens (primary N) is 1. The lowest BCUT2D eigenvalue weighted by molar-refractivity contribution is -0.392. The van der Waals surface area contributed by atoms with Gasteiger partial charge in [0.15, 0.2) is 5.69 Å². The molecule has 0 saturated heterocycles. The van der Waals surface area contributed by atoms with Gasteiger partial charge in [-0.05, 0) is 25.5 Å². The van der Waals surface area contributed by atoms with Crippen molar-refractivity contribution in [1.82, 2.24) is 0 Å². The molecule has 0 aliphatic heterocycles. The maximum atomic E-state index is 10.7. The zero-order valence-corrected chi connectivity index (χ0v) is 12.0. The third kappa shape index (κ3) is 6.92. The number of hydrogen-bond acceptors (Lipinski definition) is 8. The molecule has 0 aromatic heterocycles. The predicted octanol–water partition coefficient (Wildman–Crippen LogP) is 0.625. The van der Waals surface area contributed by atoms with E-state index in [0.29, 0.717) is 13.0 Å². The Morgan fingerprint density at radius 3 is 1.86 bits per heavy atom. The topological polar surface area (TPSA) is 165 Å². The number of nitro benzene ring substituents is 2. The molecule has 10 heteroatoms. The Morgan fingerprint density at radius 1 is 1.05 bits per heavy atom. The van der Waals surface area contributed by atoms with Crippen LogP contribution in [0.4, 0.5) is 17.1 Å². The molecule has 22 heavy (non-hydrogen) atoms. The number of rotatable bonds is 8. The Bertz CT molecular complexity index is 448. The zero-order valence-electron chi connectivity index (χ0n) is 12.0. The number of benzene rings is 1. The number of aliphatic hydroxyl groups excluding tert-OH is 2. The number of anilines is 1. The second-order valence-corrected chi connectivity index (χ2v) is 4.06. The molecule has 0 fully saturated rings. The predicted molar refractivity (Wildman–Crippen MR) is 80.7 cm³/mol. The van der Waals surface area contributed by atoms with E-state index >= 15 is 0 Å². The summed E-state index contributed by atoms with van der Waals surface area (Å²) in [5.41, 5.74) is 4.15. The van der Waals surface area contributed by atoms with Gasteiger partial charge in [-0.15, -0.1) is 0 Å². The molecule has 0 spiro atoms. The third-order valence-corrected chi connectivity index (χ3v) is 2.41. The molecule has 1 rings (SSSR count). The van der Waals surface area contributed by atoms with E-state index in [1.165, 1.54) is 18.2 Å². The summed E-state index contributed by atoms with van der Waals surface area (Å²) in [6.45, 7) is 0.941. The summed E-state index contributed by atoms with van der Waals surface area (Å²) in [4.78, 5) is 20.1. The fourth-order valence-corrected chi connectivity index (χ4v) is 1.40. The Kier molecular flexibility index (Phi) is 10.2. The average molecular weight is 316 g/mol. The van der Waals surface area contributed by atoms with Crippen molar-refractivity contribution in [3.8, 4) is 0 Å². The van der Waals surface area contributed by atoms with Crippen LogP contribution in [0.25, 0.3) is 0 Å². The number of hydrogen-bond donors (Lipinski definition) is 4. The first-order valence-electron chi connectivity index (χ1n) is 6.57. The lowest BCUT2D eigenvalue weighted by Crippen LogP contribution is -2.08. The van der Waals surface area contributed by atoms with Gasteiger partial charge in [0.05, 0.1) is 9.85 Å². The molecule has 1 aromatic carbocycles. The van der Waals surface area contributed by atoms with Crippen molar-refractivity contribution in [2.75, 3.05) is 31.6 Å². The standard InChI is InChI=1S/C9H11N3O5.C3H9NO/c13-6-2-5-10-9-7(11(14)15)3-1-4-8(9)12(16)17;4-2-1-3-5/h1,3-4,10,13H,2,5-6H2;5H,1-4H2. The van der Waals surface area contributed by atoms with E-state index < -0.39 is 9.85 Å². The number of nitro groups is 2. The van der Waals surface area contributed by atoms with E-state index in [4.69, 9.17) is 15.9 Å². The summed E-state index contributed by atoms with van der Waals surface area (Å²) in [6.07, 6.45) is 1.07. The van der Waals surface area contributed by atoms with E-state index in [0.717, 1.165) is 6.42 Å². The van der Waals surface area contributed by atoms with E-state index in [1.54, 1.807) is 0 Å². The van der Waals surface area contributed by atoms with Gasteiger partial charge in [-0.3, -0.25) is 20.2 Å². The van der Waals surface area contributed by atoms with Crippen LogP contribution in [0.15, 0.2) is 18.2 Å². The lowest BCUT2D eigenvalue weighted by atomic mass is 10.2. The van der Waals surface area contributed by atoms with Crippen LogP contribution in [0.1, 0.15) is 12.8 Å². The molecule has 0 bridgehead atoms. The highest BCUT2D eigenvalue weighted by atomic mass is 16.6. The quantitative estimate of drug-likeness (QED) is 0.308. The second kappa shape index (κ2) is 11.4. The zero-order chi connectivity index (χ0) is 17.0. The summed E-state index contributed by atoms with van der Waals surface area (Å²) in [6, 6.07) is 3.63. The van der Waals surface area contributed by atoms with Gasteiger partial charge in [-0.1, -0.05) is 0 Å². The number of nitrogens with zero attached hydrogens (tertiary/aromatic N) is 2. The minimum Gasteiger partial charge on any atom is -0.396 e. The van der Waals surface area contributed by atoms with Crippen molar-refractivity contribution in [1.29, 1.82) is 0 Å². The molecular weight excluding hydrogens is 296 g/mol. The molecule has 124 valence electrons. The fourth-order valence-electron chi connectivity index (χ4n) is 1.40. The SMILES string of the molecule is NCCCO.O=[N+]([O-])c1cccc([N+](=O)[O-])c1NCCCO. The first-order chi connectivity index (χ1) is 10.5. The molecule has 0 saturated carbocycles. The molecule has 1 aromatic rings. The van der Waals surface area contributed by atoms with Gasteiger partial charge in [-0.25, -0.2) is 0 Å². The van der Waals surface area contributed by atoms with Crippen LogP contribution >= 0.6 is 0 Å². The van der Waals surface area contributed by atoms with Crippen LogP contribution in [-0.4, -0.2) is 46.4 Å². The van der Waals surface area contributed by atoms with Gasteiger partial charge in [0.1, 0.15) is 0 Å². The van der Waals surface area contributed by atoms with Crippen LogP contribution in [0.2, 0.25) is 0 Å². The lowest BCUT2D eigenvalue weighted by Gasteiger charge is -2.06. The highest BCUT2D eigenvalue weighted by molar-refractivity contribution is 5.73. The minimum absolute atomic E-state index is 0.0958. The van der Waals surface area contributed by atoms with Gasteiger partial charge >= 0.3 is 0 Å². The Hall–Kier alpha value is -2.30. The van der Waals surface area contributed by atoms with Crippen LogP contribution < -0.4 is 11.1 Å². The second-order valence-electron chi connectivity index (χ2n) is 4.06. The van der Waals surface area contributed by atoms with E-state index in [-0.39, 0.29) is 36.8 Å². The third-order valence-electron chi connectivity index (χ3n) is 2.41. The van der Waals surface area contributed by atoms with Gasteiger partial charge < -0.3 is 21.3 Å². The normalized spacial score (nSPS) is 9.59. The maximum Gasteiger partial charge on any atom is 0.299 e. The highest BCUT2D eigenvalue weighted by Gasteiger charge is 2.23. The highest BCUT2D eigenvalue weighted by Crippen LogP contribution is 2.33. The summed E-state index contributed by atoms with van der Waals surface area (Å²) in [7, 11) is 0. The molecule has 10 nitrogen and oxygen atoms in total. The summed E-state index contributed by atoms with van der Waals surface area (Å²) in [5.74, 6) is 0. The number of nitrogens with one attached hydrogen (secondary N) is 1. The monoisotopic (exact) mass is 316 g/mol. The first-order valence-corrected chi connectivity index (χ1v) is 6.57. The first kappa shape index (κ1) is 19.7. The smallest absolute Gasteiger partial charge is 0.299 e. The molecule has 0 aliphatic carbocycles. The van der Waals surface area contributed by atoms with Crippen LogP contribution in [0.5, 0.6) is 0 Å².